The zero-order chi connectivity index (χ0) is 15.9. The average molecular weight is 294 g/mol. The Balaban J connectivity index is 1.88. The molecule has 0 aromatic heterocycles. The van der Waals surface area contributed by atoms with Crippen molar-refractivity contribution in [3.05, 3.63) is 64.7 Å². The molecule has 2 aromatic rings. The minimum Gasteiger partial charge on any atom is -0.322 e. The first-order chi connectivity index (χ1) is 10.5. The largest absolute Gasteiger partial charge is 0.322 e. The normalized spacial score (nSPS) is 13.3. The lowest BCUT2D eigenvalue weighted by Gasteiger charge is -2.07. The lowest BCUT2D eigenvalue weighted by molar-refractivity contribution is 0.0692. The summed E-state index contributed by atoms with van der Waals surface area (Å²) in [4.78, 5) is 37.0. The fraction of sp³-hybridized carbons (Fsp3) is 0.118. The van der Waals surface area contributed by atoms with Crippen LogP contribution in [0.15, 0.2) is 42.5 Å². The molecule has 1 aliphatic heterocycles. The highest BCUT2D eigenvalue weighted by atomic mass is 16.2. The van der Waals surface area contributed by atoms with Gasteiger partial charge in [-0.15, -0.1) is 0 Å². The number of benzene rings is 2. The molecule has 0 radical (unpaired) electrons. The van der Waals surface area contributed by atoms with E-state index in [1.807, 2.05) is 19.1 Å². The van der Waals surface area contributed by atoms with Crippen molar-refractivity contribution in [3.8, 4) is 0 Å². The highest BCUT2D eigenvalue weighted by molar-refractivity contribution is 6.21. The lowest BCUT2D eigenvalue weighted by Crippen LogP contribution is -2.24. The molecule has 110 valence electrons. The van der Waals surface area contributed by atoms with Gasteiger partial charge < -0.3 is 5.32 Å². The quantitative estimate of drug-likeness (QED) is 0.865. The molecule has 0 fully saturated rings. The maximum atomic E-state index is 12.2. The van der Waals surface area contributed by atoms with Gasteiger partial charge in [0, 0.05) is 18.3 Å². The molecule has 3 amide bonds. The van der Waals surface area contributed by atoms with Crippen molar-refractivity contribution in [2.24, 2.45) is 0 Å². The van der Waals surface area contributed by atoms with Crippen LogP contribution in [-0.4, -0.2) is 29.7 Å². The van der Waals surface area contributed by atoms with Gasteiger partial charge in [0.1, 0.15) is 0 Å². The molecule has 0 bridgehead atoms. The Labute approximate surface area is 127 Å². The Morgan fingerprint density at radius 3 is 2.45 bits per heavy atom. The Kier molecular flexibility index (Phi) is 3.25. The van der Waals surface area contributed by atoms with Crippen molar-refractivity contribution in [2.75, 3.05) is 12.4 Å². The monoisotopic (exact) mass is 294 g/mol. The van der Waals surface area contributed by atoms with Gasteiger partial charge in [0.25, 0.3) is 17.7 Å². The van der Waals surface area contributed by atoms with Crippen LogP contribution >= 0.6 is 0 Å². The third-order valence-electron chi connectivity index (χ3n) is 3.63. The number of fused-ring (bicyclic) bond motifs is 1. The van der Waals surface area contributed by atoms with Crippen molar-refractivity contribution in [1.29, 1.82) is 0 Å². The van der Waals surface area contributed by atoms with Gasteiger partial charge in [0.15, 0.2) is 0 Å². The molecule has 1 N–H and O–H groups in total. The second-order valence-electron chi connectivity index (χ2n) is 5.25. The van der Waals surface area contributed by atoms with E-state index >= 15 is 0 Å². The molecule has 0 saturated carbocycles. The van der Waals surface area contributed by atoms with Crippen LogP contribution in [0.5, 0.6) is 0 Å². The van der Waals surface area contributed by atoms with Crippen molar-refractivity contribution in [2.45, 2.75) is 6.92 Å². The van der Waals surface area contributed by atoms with Crippen LogP contribution in [0.25, 0.3) is 0 Å². The Hall–Kier alpha value is -2.95. The smallest absolute Gasteiger partial charge is 0.261 e. The maximum absolute atomic E-state index is 12.2. The second kappa shape index (κ2) is 5.11. The van der Waals surface area contributed by atoms with Crippen LogP contribution in [0.1, 0.15) is 36.6 Å². The first-order valence-electron chi connectivity index (χ1n) is 6.82. The average Bonchev–Trinajstić information content (AvgIpc) is 2.72. The molecule has 22 heavy (non-hydrogen) atoms. The third-order valence-corrected chi connectivity index (χ3v) is 3.63. The second-order valence-corrected chi connectivity index (χ2v) is 5.25. The summed E-state index contributed by atoms with van der Waals surface area (Å²) in [6.07, 6.45) is 0. The SMILES string of the molecule is Cc1cccc(C(=O)Nc2ccc3c(c2)C(=O)N(C)C3=O)c1. The van der Waals surface area contributed by atoms with Gasteiger partial charge in [0.2, 0.25) is 0 Å². The summed E-state index contributed by atoms with van der Waals surface area (Å²) in [6.45, 7) is 1.91. The van der Waals surface area contributed by atoms with E-state index in [0.29, 0.717) is 22.4 Å². The van der Waals surface area contributed by atoms with E-state index in [0.717, 1.165) is 10.5 Å². The fourth-order valence-electron chi connectivity index (χ4n) is 2.43. The van der Waals surface area contributed by atoms with E-state index in [1.54, 1.807) is 24.3 Å². The van der Waals surface area contributed by atoms with E-state index in [4.69, 9.17) is 0 Å². The number of nitrogens with one attached hydrogen (secondary N) is 1. The standard InChI is InChI=1S/C17H14N2O3/c1-10-4-3-5-11(8-10)15(20)18-12-6-7-13-14(9-12)17(22)19(2)16(13)21/h3-9H,1-2H3,(H,18,20). The lowest BCUT2D eigenvalue weighted by atomic mass is 10.1. The van der Waals surface area contributed by atoms with Gasteiger partial charge in [-0.1, -0.05) is 17.7 Å². The highest BCUT2D eigenvalue weighted by Gasteiger charge is 2.32. The molecule has 1 heterocycles. The zero-order valence-electron chi connectivity index (χ0n) is 12.2. The van der Waals surface area contributed by atoms with Gasteiger partial charge in [0.05, 0.1) is 11.1 Å². The summed E-state index contributed by atoms with van der Waals surface area (Å²) in [5.41, 5.74) is 2.70. The molecule has 3 rings (SSSR count). The molecule has 5 heteroatoms. The third kappa shape index (κ3) is 2.26. The van der Waals surface area contributed by atoms with Gasteiger partial charge >= 0.3 is 0 Å². The summed E-state index contributed by atoms with van der Waals surface area (Å²) >= 11 is 0. The van der Waals surface area contributed by atoms with Crippen molar-refractivity contribution in [1.82, 2.24) is 4.90 Å². The zero-order valence-corrected chi connectivity index (χ0v) is 12.2. The number of anilines is 1. The van der Waals surface area contributed by atoms with E-state index in [2.05, 4.69) is 5.32 Å². The topological polar surface area (TPSA) is 66.5 Å². The summed E-state index contributed by atoms with van der Waals surface area (Å²) in [5, 5.41) is 2.74. The number of hydrogen-bond donors (Lipinski definition) is 1. The van der Waals surface area contributed by atoms with Crippen LogP contribution in [0, 0.1) is 6.92 Å². The number of amides is 3. The number of nitrogens with zero attached hydrogens (tertiary/aromatic N) is 1. The molecule has 0 atom stereocenters. The Bertz CT molecular complexity index is 811. The van der Waals surface area contributed by atoms with E-state index in [-0.39, 0.29) is 17.7 Å². The summed E-state index contributed by atoms with van der Waals surface area (Å²) in [5.74, 6) is -0.933. The molecular weight excluding hydrogens is 280 g/mol. The number of carbonyl (C=O) groups is 3. The molecule has 5 nitrogen and oxygen atoms in total. The van der Waals surface area contributed by atoms with Crippen LogP contribution in [0.4, 0.5) is 5.69 Å². The van der Waals surface area contributed by atoms with Crippen molar-refractivity contribution < 1.29 is 14.4 Å². The summed E-state index contributed by atoms with van der Waals surface area (Å²) in [7, 11) is 1.44. The number of rotatable bonds is 2. The van der Waals surface area contributed by atoms with Crippen LogP contribution in [0.3, 0.4) is 0 Å². The number of carbonyl (C=O) groups excluding carboxylic acids is 3. The Morgan fingerprint density at radius 1 is 1.00 bits per heavy atom. The minimum atomic E-state index is -0.355. The van der Waals surface area contributed by atoms with Gasteiger partial charge in [-0.05, 0) is 37.3 Å². The molecular formula is C17H14N2O3. The van der Waals surface area contributed by atoms with Crippen LogP contribution in [0.2, 0.25) is 0 Å². The first kappa shape index (κ1) is 14.0. The summed E-state index contributed by atoms with van der Waals surface area (Å²) < 4.78 is 0. The minimum absolute atomic E-state index is 0.256. The number of hydrogen-bond acceptors (Lipinski definition) is 3. The molecule has 2 aromatic carbocycles. The molecule has 0 unspecified atom stereocenters. The van der Waals surface area contributed by atoms with Gasteiger partial charge in [-0.25, -0.2) is 0 Å². The molecule has 0 aliphatic carbocycles. The molecule has 1 aliphatic rings. The number of imide groups is 1. The van der Waals surface area contributed by atoms with E-state index in [9.17, 15) is 14.4 Å². The van der Waals surface area contributed by atoms with Gasteiger partial charge in [-0.3, -0.25) is 19.3 Å². The predicted octanol–water partition coefficient (Wildman–Crippen LogP) is 2.47. The van der Waals surface area contributed by atoms with Crippen LogP contribution in [-0.2, 0) is 0 Å². The van der Waals surface area contributed by atoms with E-state index < -0.39 is 0 Å². The van der Waals surface area contributed by atoms with Crippen LogP contribution < -0.4 is 5.32 Å². The Morgan fingerprint density at radius 2 is 1.73 bits per heavy atom. The predicted molar refractivity (Wildman–Crippen MR) is 82.0 cm³/mol. The fourth-order valence-corrected chi connectivity index (χ4v) is 2.43. The first-order valence-corrected chi connectivity index (χ1v) is 6.82. The van der Waals surface area contributed by atoms with Crippen molar-refractivity contribution >= 4 is 23.4 Å². The highest BCUT2D eigenvalue weighted by Crippen LogP contribution is 2.25. The maximum Gasteiger partial charge on any atom is 0.261 e. The summed E-state index contributed by atoms with van der Waals surface area (Å²) in [6, 6.07) is 11.9. The molecule has 0 saturated heterocycles. The van der Waals surface area contributed by atoms with Crippen molar-refractivity contribution in [3.63, 3.8) is 0 Å². The molecule has 0 spiro atoms. The van der Waals surface area contributed by atoms with Gasteiger partial charge in [-0.2, -0.15) is 0 Å². The van der Waals surface area contributed by atoms with E-state index in [1.165, 1.54) is 13.1 Å². The number of aryl methyl sites for hydroxylation is 1.